The SMILES string of the molecule is CCNC1CCCN(Cc2ccnc(OC)c2)C1. The van der Waals surface area contributed by atoms with Crippen LogP contribution in [0.3, 0.4) is 0 Å². The van der Waals surface area contributed by atoms with Crippen LogP contribution in [-0.4, -0.2) is 42.7 Å². The van der Waals surface area contributed by atoms with E-state index in [2.05, 4.69) is 28.2 Å². The lowest BCUT2D eigenvalue weighted by atomic mass is 10.1. The maximum Gasteiger partial charge on any atom is 0.213 e. The molecule has 0 bridgehead atoms. The van der Waals surface area contributed by atoms with Crippen molar-refractivity contribution in [1.29, 1.82) is 0 Å². The van der Waals surface area contributed by atoms with Crippen molar-refractivity contribution in [2.75, 3.05) is 26.7 Å². The van der Waals surface area contributed by atoms with Crippen molar-refractivity contribution in [3.63, 3.8) is 0 Å². The first-order valence-corrected chi connectivity index (χ1v) is 6.76. The maximum absolute atomic E-state index is 5.16. The van der Waals surface area contributed by atoms with Crippen molar-refractivity contribution < 1.29 is 4.74 Å². The van der Waals surface area contributed by atoms with E-state index in [0.717, 1.165) is 19.6 Å². The lowest BCUT2D eigenvalue weighted by molar-refractivity contribution is 0.184. The van der Waals surface area contributed by atoms with E-state index >= 15 is 0 Å². The molecule has 1 aromatic rings. The Morgan fingerprint density at radius 2 is 2.44 bits per heavy atom. The van der Waals surface area contributed by atoms with Gasteiger partial charge in [0.1, 0.15) is 0 Å². The predicted octanol–water partition coefficient (Wildman–Crippen LogP) is 1.66. The molecule has 1 aliphatic heterocycles. The van der Waals surface area contributed by atoms with E-state index in [4.69, 9.17) is 4.74 Å². The number of hydrogen-bond acceptors (Lipinski definition) is 4. The summed E-state index contributed by atoms with van der Waals surface area (Å²) < 4.78 is 5.16. The van der Waals surface area contributed by atoms with Crippen LogP contribution in [0.5, 0.6) is 5.88 Å². The molecule has 0 aromatic carbocycles. The molecule has 2 heterocycles. The number of nitrogens with one attached hydrogen (secondary N) is 1. The Bertz CT molecular complexity index is 368. The monoisotopic (exact) mass is 249 g/mol. The van der Waals surface area contributed by atoms with Gasteiger partial charge in [0.15, 0.2) is 0 Å². The molecule has 0 amide bonds. The minimum atomic E-state index is 0.646. The summed E-state index contributed by atoms with van der Waals surface area (Å²) in [6.45, 7) is 6.54. The summed E-state index contributed by atoms with van der Waals surface area (Å²) in [5.74, 6) is 0.702. The molecule has 0 saturated carbocycles. The summed E-state index contributed by atoms with van der Waals surface area (Å²) in [5.41, 5.74) is 1.28. The third-order valence-electron chi connectivity index (χ3n) is 3.41. The fourth-order valence-corrected chi connectivity index (χ4v) is 2.57. The number of nitrogens with zero attached hydrogens (tertiary/aromatic N) is 2. The van der Waals surface area contributed by atoms with E-state index in [1.165, 1.54) is 24.9 Å². The highest BCUT2D eigenvalue weighted by Crippen LogP contribution is 2.15. The van der Waals surface area contributed by atoms with Gasteiger partial charge in [0.25, 0.3) is 0 Å². The van der Waals surface area contributed by atoms with Gasteiger partial charge in [0, 0.05) is 31.4 Å². The summed E-state index contributed by atoms with van der Waals surface area (Å²) in [5, 5.41) is 3.54. The Hall–Kier alpha value is -1.13. The molecule has 1 aromatic heterocycles. The van der Waals surface area contributed by atoms with Crippen LogP contribution in [0.1, 0.15) is 25.3 Å². The van der Waals surface area contributed by atoms with Crippen molar-refractivity contribution in [1.82, 2.24) is 15.2 Å². The molecule has 0 spiro atoms. The Balaban J connectivity index is 1.91. The molecule has 1 saturated heterocycles. The number of pyridine rings is 1. The second kappa shape index (κ2) is 6.71. The smallest absolute Gasteiger partial charge is 0.213 e. The van der Waals surface area contributed by atoms with E-state index in [1.807, 2.05) is 12.3 Å². The van der Waals surface area contributed by atoms with Crippen LogP contribution < -0.4 is 10.1 Å². The summed E-state index contributed by atoms with van der Waals surface area (Å²) in [4.78, 5) is 6.65. The number of methoxy groups -OCH3 is 1. The molecule has 1 fully saturated rings. The van der Waals surface area contributed by atoms with Gasteiger partial charge in [-0.3, -0.25) is 4.90 Å². The lowest BCUT2D eigenvalue weighted by Crippen LogP contribution is -2.45. The Kier molecular flexibility index (Phi) is 4.96. The summed E-state index contributed by atoms with van der Waals surface area (Å²) >= 11 is 0. The van der Waals surface area contributed by atoms with Gasteiger partial charge in [0.05, 0.1) is 7.11 Å². The summed E-state index contributed by atoms with van der Waals surface area (Å²) in [6.07, 6.45) is 4.39. The van der Waals surface area contributed by atoms with Gasteiger partial charge >= 0.3 is 0 Å². The standard InChI is InChI=1S/C14H23N3O/c1-3-15-13-5-4-8-17(11-13)10-12-6-7-16-14(9-12)18-2/h6-7,9,13,15H,3-5,8,10-11H2,1-2H3. The van der Waals surface area contributed by atoms with Crippen molar-refractivity contribution in [3.8, 4) is 5.88 Å². The molecule has 2 rings (SSSR count). The number of piperidine rings is 1. The zero-order chi connectivity index (χ0) is 12.8. The normalized spacial score (nSPS) is 20.9. The van der Waals surface area contributed by atoms with Crippen LogP contribution in [0.4, 0.5) is 0 Å². The van der Waals surface area contributed by atoms with E-state index in [-0.39, 0.29) is 0 Å². The molecule has 4 nitrogen and oxygen atoms in total. The van der Waals surface area contributed by atoms with Crippen LogP contribution in [0.25, 0.3) is 0 Å². The van der Waals surface area contributed by atoms with Gasteiger partial charge < -0.3 is 10.1 Å². The Labute approximate surface area is 109 Å². The first-order chi connectivity index (χ1) is 8.81. The molecule has 100 valence electrons. The number of ether oxygens (including phenoxy) is 1. The van der Waals surface area contributed by atoms with Crippen molar-refractivity contribution in [2.45, 2.75) is 32.4 Å². The van der Waals surface area contributed by atoms with Crippen molar-refractivity contribution in [3.05, 3.63) is 23.9 Å². The van der Waals surface area contributed by atoms with Gasteiger partial charge in [-0.25, -0.2) is 4.98 Å². The molecule has 0 radical (unpaired) electrons. The second-order valence-corrected chi connectivity index (χ2v) is 4.84. The van der Waals surface area contributed by atoms with Crippen LogP contribution in [-0.2, 0) is 6.54 Å². The quantitative estimate of drug-likeness (QED) is 0.861. The molecule has 0 aliphatic carbocycles. The number of rotatable bonds is 5. The third kappa shape index (κ3) is 3.68. The predicted molar refractivity (Wildman–Crippen MR) is 72.8 cm³/mol. The highest BCUT2D eigenvalue weighted by molar-refractivity contribution is 5.20. The van der Waals surface area contributed by atoms with Gasteiger partial charge in [-0.2, -0.15) is 0 Å². The molecule has 1 unspecified atom stereocenters. The van der Waals surface area contributed by atoms with E-state index in [1.54, 1.807) is 7.11 Å². The number of likely N-dealkylation sites (tertiary alicyclic amines) is 1. The third-order valence-corrected chi connectivity index (χ3v) is 3.41. The molecular weight excluding hydrogens is 226 g/mol. The van der Waals surface area contributed by atoms with Crippen molar-refractivity contribution in [2.24, 2.45) is 0 Å². The number of aromatic nitrogens is 1. The minimum absolute atomic E-state index is 0.646. The number of likely N-dealkylation sites (N-methyl/N-ethyl adjacent to an activating group) is 1. The zero-order valence-electron chi connectivity index (χ0n) is 11.4. The van der Waals surface area contributed by atoms with Crippen LogP contribution in [0.15, 0.2) is 18.3 Å². The topological polar surface area (TPSA) is 37.4 Å². The molecule has 1 N–H and O–H groups in total. The molecule has 4 heteroatoms. The van der Waals surface area contributed by atoms with Gasteiger partial charge in [0.2, 0.25) is 5.88 Å². The fourth-order valence-electron chi connectivity index (χ4n) is 2.57. The van der Waals surface area contributed by atoms with Gasteiger partial charge in [-0.15, -0.1) is 0 Å². The Morgan fingerprint density at radius 1 is 1.56 bits per heavy atom. The van der Waals surface area contributed by atoms with Gasteiger partial charge in [-0.1, -0.05) is 6.92 Å². The second-order valence-electron chi connectivity index (χ2n) is 4.84. The molecule has 18 heavy (non-hydrogen) atoms. The Morgan fingerprint density at radius 3 is 3.22 bits per heavy atom. The van der Waals surface area contributed by atoms with Crippen LogP contribution >= 0.6 is 0 Å². The van der Waals surface area contributed by atoms with Crippen molar-refractivity contribution >= 4 is 0 Å². The van der Waals surface area contributed by atoms with E-state index in [0.29, 0.717) is 11.9 Å². The largest absolute Gasteiger partial charge is 0.481 e. The first-order valence-electron chi connectivity index (χ1n) is 6.76. The summed E-state index contributed by atoms with van der Waals surface area (Å²) in [6, 6.07) is 4.74. The van der Waals surface area contributed by atoms with E-state index < -0.39 is 0 Å². The molecular formula is C14H23N3O. The average Bonchev–Trinajstić information content (AvgIpc) is 2.40. The summed E-state index contributed by atoms with van der Waals surface area (Å²) in [7, 11) is 1.66. The maximum atomic E-state index is 5.16. The fraction of sp³-hybridized carbons (Fsp3) is 0.643. The molecule has 1 aliphatic rings. The average molecular weight is 249 g/mol. The zero-order valence-corrected chi connectivity index (χ0v) is 11.4. The number of hydrogen-bond donors (Lipinski definition) is 1. The lowest BCUT2D eigenvalue weighted by Gasteiger charge is -2.33. The van der Waals surface area contributed by atoms with Crippen LogP contribution in [0.2, 0.25) is 0 Å². The first kappa shape index (κ1) is 13.3. The molecule has 1 atom stereocenters. The highest BCUT2D eigenvalue weighted by atomic mass is 16.5. The van der Waals surface area contributed by atoms with E-state index in [9.17, 15) is 0 Å². The highest BCUT2D eigenvalue weighted by Gasteiger charge is 2.18. The van der Waals surface area contributed by atoms with Gasteiger partial charge in [-0.05, 0) is 37.6 Å². The van der Waals surface area contributed by atoms with Crippen LogP contribution in [0, 0.1) is 0 Å². The minimum Gasteiger partial charge on any atom is -0.481 e.